The molecule has 2 heterocycles. The first-order chi connectivity index (χ1) is 14.6. The minimum absolute atomic E-state index is 0.00215. The molecule has 4 rings (SSSR count). The second kappa shape index (κ2) is 8.90. The van der Waals surface area contributed by atoms with Crippen LogP contribution in [0.4, 0.5) is 15.9 Å². The number of amides is 1. The monoisotopic (exact) mass is 406 g/mol. The quantitative estimate of drug-likeness (QED) is 0.690. The molecule has 1 saturated heterocycles. The maximum absolute atomic E-state index is 13.2. The van der Waals surface area contributed by atoms with Gasteiger partial charge in [-0.05, 0) is 67.4 Å². The molecule has 1 atom stereocenters. The number of aromatic nitrogens is 2. The summed E-state index contributed by atoms with van der Waals surface area (Å²) in [6, 6.07) is 15.3. The predicted octanol–water partition coefficient (Wildman–Crippen LogP) is 4.15. The predicted molar refractivity (Wildman–Crippen MR) is 114 cm³/mol. The van der Waals surface area contributed by atoms with Crippen LogP contribution in [0.3, 0.4) is 0 Å². The maximum Gasteiger partial charge on any atom is 0.229 e. The molecule has 1 unspecified atom stereocenters. The van der Waals surface area contributed by atoms with Crippen molar-refractivity contribution < 1.29 is 13.9 Å². The summed E-state index contributed by atoms with van der Waals surface area (Å²) in [4.78, 5) is 23.8. The Bertz CT molecular complexity index is 1010. The molecule has 1 fully saturated rings. The fraction of sp³-hybridized carbons (Fsp3) is 0.261. The van der Waals surface area contributed by atoms with Gasteiger partial charge in [0.05, 0.1) is 13.0 Å². The fourth-order valence-corrected chi connectivity index (χ4v) is 3.58. The van der Waals surface area contributed by atoms with Crippen LogP contribution in [0.2, 0.25) is 0 Å². The summed E-state index contributed by atoms with van der Waals surface area (Å²) < 4.78 is 18.3. The lowest BCUT2D eigenvalue weighted by molar-refractivity contribution is -0.120. The van der Waals surface area contributed by atoms with Crippen LogP contribution in [0.5, 0.6) is 5.75 Å². The van der Waals surface area contributed by atoms with Crippen LogP contribution in [0.25, 0.3) is 11.4 Å². The zero-order chi connectivity index (χ0) is 20.9. The topological polar surface area (TPSA) is 67.3 Å². The minimum atomic E-state index is -0.295. The normalized spacial score (nSPS) is 16.2. The van der Waals surface area contributed by atoms with E-state index in [0.717, 1.165) is 42.2 Å². The standard InChI is InChI=1S/C23H23FN4O2/c1-30-20-10-8-19(9-11-20)26-23(29)17-3-2-14-28(15-17)21-12-13-25-22(27-21)16-4-6-18(24)7-5-16/h4-13,17H,2-3,14-15H2,1H3,(H,26,29). The molecule has 0 spiro atoms. The molecule has 30 heavy (non-hydrogen) atoms. The third kappa shape index (κ3) is 4.56. The summed E-state index contributed by atoms with van der Waals surface area (Å²) in [5.41, 5.74) is 1.50. The van der Waals surface area contributed by atoms with Gasteiger partial charge in [0.1, 0.15) is 17.4 Å². The molecule has 0 bridgehead atoms. The molecule has 1 N–H and O–H groups in total. The van der Waals surface area contributed by atoms with Crippen molar-refractivity contribution in [3.05, 3.63) is 66.6 Å². The van der Waals surface area contributed by atoms with Crippen LogP contribution in [0.1, 0.15) is 12.8 Å². The zero-order valence-electron chi connectivity index (χ0n) is 16.7. The molecule has 0 saturated carbocycles. The van der Waals surface area contributed by atoms with Gasteiger partial charge in [0.2, 0.25) is 5.91 Å². The molecular weight excluding hydrogens is 383 g/mol. The fourth-order valence-electron chi connectivity index (χ4n) is 3.58. The van der Waals surface area contributed by atoms with Crippen LogP contribution in [-0.2, 0) is 4.79 Å². The highest BCUT2D eigenvalue weighted by atomic mass is 19.1. The second-order valence-electron chi connectivity index (χ2n) is 7.25. The highest BCUT2D eigenvalue weighted by Crippen LogP contribution is 2.25. The molecule has 1 amide bonds. The number of carbonyl (C=O) groups is 1. The highest BCUT2D eigenvalue weighted by molar-refractivity contribution is 5.93. The molecule has 2 aromatic carbocycles. The number of nitrogens with one attached hydrogen (secondary N) is 1. The van der Waals surface area contributed by atoms with E-state index in [4.69, 9.17) is 4.74 Å². The smallest absolute Gasteiger partial charge is 0.229 e. The first-order valence-electron chi connectivity index (χ1n) is 9.91. The van der Waals surface area contributed by atoms with E-state index in [9.17, 15) is 9.18 Å². The van der Waals surface area contributed by atoms with Crippen molar-refractivity contribution in [2.45, 2.75) is 12.8 Å². The SMILES string of the molecule is COc1ccc(NC(=O)C2CCCN(c3ccnc(-c4ccc(F)cc4)n3)C2)cc1. The van der Waals surface area contributed by atoms with E-state index in [0.29, 0.717) is 12.4 Å². The summed E-state index contributed by atoms with van der Waals surface area (Å²) in [7, 11) is 1.61. The number of anilines is 2. The van der Waals surface area contributed by atoms with Crippen LogP contribution >= 0.6 is 0 Å². The molecule has 7 heteroatoms. The minimum Gasteiger partial charge on any atom is -0.497 e. The van der Waals surface area contributed by atoms with Gasteiger partial charge in [0.25, 0.3) is 0 Å². The van der Waals surface area contributed by atoms with E-state index in [1.807, 2.05) is 30.3 Å². The van der Waals surface area contributed by atoms with Crippen molar-refractivity contribution in [2.75, 3.05) is 30.4 Å². The second-order valence-corrected chi connectivity index (χ2v) is 7.25. The van der Waals surface area contributed by atoms with Crippen molar-refractivity contribution in [3.63, 3.8) is 0 Å². The number of piperidine rings is 1. The first-order valence-corrected chi connectivity index (χ1v) is 9.91. The zero-order valence-corrected chi connectivity index (χ0v) is 16.7. The van der Waals surface area contributed by atoms with Gasteiger partial charge in [-0.2, -0.15) is 0 Å². The summed E-state index contributed by atoms with van der Waals surface area (Å²) in [5.74, 6) is 1.63. The molecule has 6 nitrogen and oxygen atoms in total. The summed E-state index contributed by atoms with van der Waals surface area (Å²) in [6.07, 6.45) is 3.42. The van der Waals surface area contributed by atoms with E-state index in [2.05, 4.69) is 20.2 Å². The number of methoxy groups -OCH3 is 1. The highest BCUT2D eigenvalue weighted by Gasteiger charge is 2.27. The average Bonchev–Trinajstić information content (AvgIpc) is 2.80. The molecule has 1 aromatic heterocycles. The first kappa shape index (κ1) is 19.8. The van der Waals surface area contributed by atoms with Crippen LogP contribution < -0.4 is 15.0 Å². The lowest BCUT2D eigenvalue weighted by Gasteiger charge is -2.33. The molecule has 1 aliphatic rings. The number of rotatable bonds is 5. The summed E-state index contributed by atoms with van der Waals surface area (Å²) >= 11 is 0. The number of ether oxygens (including phenoxy) is 1. The van der Waals surface area contributed by atoms with Crippen molar-refractivity contribution >= 4 is 17.4 Å². The van der Waals surface area contributed by atoms with Crippen molar-refractivity contribution in [1.82, 2.24) is 9.97 Å². The molecule has 0 aliphatic carbocycles. The molecular formula is C23H23FN4O2. The van der Waals surface area contributed by atoms with E-state index in [1.54, 1.807) is 25.4 Å². The largest absolute Gasteiger partial charge is 0.497 e. The number of benzene rings is 2. The third-order valence-corrected chi connectivity index (χ3v) is 5.22. The Balaban J connectivity index is 1.45. The maximum atomic E-state index is 13.2. The summed E-state index contributed by atoms with van der Waals surface area (Å²) in [6.45, 7) is 1.41. The third-order valence-electron chi connectivity index (χ3n) is 5.22. The van der Waals surface area contributed by atoms with E-state index in [1.165, 1.54) is 12.1 Å². The Labute approximate surface area is 174 Å². The van der Waals surface area contributed by atoms with Gasteiger partial charge < -0.3 is 15.0 Å². The number of nitrogens with zero attached hydrogens (tertiary/aromatic N) is 3. The molecule has 154 valence electrons. The Kier molecular flexibility index (Phi) is 5.88. The van der Waals surface area contributed by atoms with Crippen molar-refractivity contribution in [3.8, 4) is 17.1 Å². The van der Waals surface area contributed by atoms with Gasteiger partial charge in [-0.3, -0.25) is 4.79 Å². The van der Waals surface area contributed by atoms with Gasteiger partial charge in [0, 0.05) is 30.5 Å². The van der Waals surface area contributed by atoms with Crippen LogP contribution in [0, 0.1) is 11.7 Å². The van der Waals surface area contributed by atoms with Gasteiger partial charge in [0.15, 0.2) is 5.82 Å². The Morgan fingerprint density at radius 3 is 2.63 bits per heavy atom. The van der Waals surface area contributed by atoms with E-state index < -0.39 is 0 Å². The summed E-state index contributed by atoms with van der Waals surface area (Å²) in [5, 5.41) is 2.99. The Hall–Kier alpha value is -3.48. The lowest BCUT2D eigenvalue weighted by atomic mass is 9.97. The Morgan fingerprint density at radius 2 is 1.90 bits per heavy atom. The number of halogens is 1. The average molecular weight is 406 g/mol. The molecule has 3 aromatic rings. The molecule has 1 aliphatic heterocycles. The van der Waals surface area contributed by atoms with Gasteiger partial charge in [-0.15, -0.1) is 0 Å². The van der Waals surface area contributed by atoms with Crippen molar-refractivity contribution in [1.29, 1.82) is 0 Å². The van der Waals surface area contributed by atoms with Gasteiger partial charge >= 0.3 is 0 Å². The van der Waals surface area contributed by atoms with Gasteiger partial charge in [-0.1, -0.05) is 0 Å². The number of carbonyl (C=O) groups excluding carboxylic acids is 1. The van der Waals surface area contributed by atoms with Gasteiger partial charge in [-0.25, -0.2) is 14.4 Å². The van der Waals surface area contributed by atoms with Crippen LogP contribution in [-0.4, -0.2) is 36.1 Å². The molecule has 0 radical (unpaired) electrons. The lowest BCUT2D eigenvalue weighted by Crippen LogP contribution is -2.41. The van der Waals surface area contributed by atoms with Crippen LogP contribution in [0.15, 0.2) is 60.8 Å². The number of hydrogen-bond donors (Lipinski definition) is 1. The van der Waals surface area contributed by atoms with E-state index >= 15 is 0 Å². The number of hydrogen-bond acceptors (Lipinski definition) is 5. The van der Waals surface area contributed by atoms with E-state index in [-0.39, 0.29) is 17.6 Å². The van der Waals surface area contributed by atoms with Crippen molar-refractivity contribution in [2.24, 2.45) is 5.92 Å². The Morgan fingerprint density at radius 1 is 1.13 bits per heavy atom.